The third kappa shape index (κ3) is 1.39. The third-order valence-corrected chi connectivity index (χ3v) is 3.95. The first-order valence-electron chi connectivity index (χ1n) is 5.89. The number of nitrogens with zero attached hydrogens (tertiary/aromatic N) is 1. The summed E-state index contributed by atoms with van der Waals surface area (Å²) in [6.45, 7) is 0.818. The van der Waals surface area contributed by atoms with Crippen molar-refractivity contribution in [1.29, 1.82) is 0 Å². The highest BCUT2D eigenvalue weighted by molar-refractivity contribution is 5.72. The van der Waals surface area contributed by atoms with Gasteiger partial charge in [0.15, 0.2) is 0 Å². The Morgan fingerprint density at radius 2 is 2.19 bits per heavy atom. The summed E-state index contributed by atoms with van der Waals surface area (Å²) in [6, 6.07) is 8.66. The molecule has 0 unspecified atom stereocenters. The number of primary amides is 1. The zero-order chi connectivity index (χ0) is 11.1. The van der Waals surface area contributed by atoms with Gasteiger partial charge in [0.05, 0.1) is 0 Å². The molecule has 0 radical (unpaired) electrons. The summed E-state index contributed by atoms with van der Waals surface area (Å²) in [5.41, 5.74) is 8.30. The van der Waals surface area contributed by atoms with Crippen LogP contribution in [0.3, 0.4) is 0 Å². The van der Waals surface area contributed by atoms with E-state index in [1.165, 1.54) is 11.1 Å². The van der Waals surface area contributed by atoms with Crippen LogP contribution in [0.1, 0.15) is 29.9 Å². The lowest BCUT2D eigenvalue weighted by molar-refractivity contribution is 0.143. The minimum Gasteiger partial charge on any atom is -0.351 e. The summed E-state index contributed by atoms with van der Waals surface area (Å²) in [6.07, 6.45) is 3.10. The molecule has 1 aromatic rings. The number of piperidine rings is 1. The average Bonchev–Trinajstić information content (AvgIpc) is 2.29. The number of nitrogens with two attached hydrogens (primary N) is 1. The molecular weight excluding hydrogens is 200 g/mol. The molecular formula is C13H16N2O. The Labute approximate surface area is 95.2 Å². The van der Waals surface area contributed by atoms with E-state index in [4.69, 9.17) is 5.73 Å². The Kier molecular flexibility index (Phi) is 2.13. The summed E-state index contributed by atoms with van der Waals surface area (Å²) in [5, 5.41) is 0. The summed E-state index contributed by atoms with van der Waals surface area (Å²) in [7, 11) is 0. The quantitative estimate of drug-likeness (QED) is 0.707. The number of urea groups is 1. The fraction of sp³-hybridized carbons (Fsp3) is 0.462. The number of carbonyl (C=O) groups is 1. The molecule has 2 aliphatic rings. The predicted octanol–water partition coefficient (Wildman–Crippen LogP) is 1.87. The van der Waals surface area contributed by atoms with E-state index in [9.17, 15) is 4.79 Å². The molecule has 2 N–H and O–H groups in total. The van der Waals surface area contributed by atoms with Gasteiger partial charge in [-0.15, -0.1) is 0 Å². The van der Waals surface area contributed by atoms with Crippen molar-refractivity contribution in [2.24, 2.45) is 5.73 Å². The van der Waals surface area contributed by atoms with E-state index in [2.05, 4.69) is 24.3 Å². The Balaban J connectivity index is 1.95. The highest BCUT2D eigenvalue weighted by atomic mass is 16.2. The monoisotopic (exact) mass is 216 g/mol. The number of fused-ring (bicyclic) bond motifs is 4. The second kappa shape index (κ2) is 3.51. The molecule has 2 amide bonds. The lowest BCUT2D eigenvalue weighted by atomic mass is 9.75. The van der Waals surface area contributed by atoms with Crippen LogP contribution in [0.4, 0.5) is 4.79 Å². The third-order valence-electron chi connectivity index (χ3n) is 3.95. The van der Waals surface area contributed by atoms with Crippen molar-refractivity contribution in [1.82, 2.24) is 4.90 Å². The van der Waals surface area contributed by atoms with E-state index in [1.807, 2.05) is 4.90 Å². The van der Waals surface area contributed by atoms with Gasteiger partial charge >= 0.3 is 6.03 Å². The number of rotatable bonds is 0. The fourth-order valence-corrected chi connectivity index (χ4v) is 3.19. The zero-order valence-corrected chi connectivity index (χ0v) is 9.23. The van der Waals surface area contributed by atoms with Crippen LogP contribution in [0.15, 0.2) is 24.3 Å². The molecule has 84 valence electrons. The second-order valence-corrected chi connectivity index (χ2v) is 4.81. The number of carbonyl (C=O) groups excluding carboxylic acids is 1. The molecule has 1 aliphatic heterocycles. The maximum Gasteiger partial charge on any atom is 0.315 e. The lowest BCUT2D eigenvalue weighted by Crippen LogP contribution is -2.50. The zero-order valence-electron chi connectivity index (χ0n) is 9.23. The van der Waals surface area contributed by atoms with Gasteiger partial charge in [0.25, 0.3) is 0 Å². The molecule has 3 rings (SSSR count). The van der Waals surface area contributed by atoms with Crippen LogP contribution >= 0.6 is 0 Å². The minimum absolute atomic E-state index is 0.261. The van der Waals surface area contributed by atoms with Crippen molar-refractivity contribution in [2.45, 2.75) is 31.2 Å². The van der Waals surface area contributed by atoms with Crippen LogP contribution in [0.5, 0.6) is 0 Å². The molecule has 1 fully saturated rings. The summed E-state index contributed by atoms with van der Waals surface area (Å²) in [5.74, 6) is 0.630. The average molecular weight is 216 g/mol. The van der Waals surface area contributed by atoms with Gasteiger partial charge in [0, 0.05) is 12.6 Å². The van der Waals surface area contributed by atoms with E-state index in [0.29, 0.717) is 12.0 Å². The molecule has 2 bridgehead atoms. The van der Waals surface area contributed by atoms with Gasteiger partial charge in [-0.3, -0.25) is 0 Å². The van der Waals surface area contributed by atoms with E-state index < -0.39 is 0 Å². The number of likely N-dealkylation sites (tertiary alicyclic amines) is 1. The molecule has 1 aromatic carbocycles. The van der Waals surface area contributed by atoms with Crippen LogP contribution in [0.25, 0.3) is 0 Å². The summed E-state index contributed by atoms with van der Waals surface area (Å²) < 4.78 is 0. The maximum absolute atomic E-state index is 11.3. The SMILES string of the molecule is NC(=O)N1CC[C@@H]2C[C@@H]1Cc1ccccc12. The normalized spacial score (nSPS) is 27.4. The first-order valence-corrected chi connectivity index (χ1v) is 5.89. The molecule has 3 heteroatoms. The van der Waals surface area contributed by atoms with Gasteiger partial charge < -0.3 is 10.6 Å². The Hall–Kier alpha value is -1.51. The smallest absolute Gasteiger partial charge is 0.315 e. The Morgan fingerprint density at radius 3 is 3.00 bits per heavy atom. The molecule has 1 heterocycles. The molecule has 3 nitrogen and oxygen atoms in total. The van der Waals surface area contributed by atoms with Gasteiger partial charge in [0.2, 0.25) is 0 Å². The van der Waals surface area contributed by atoms with Crippen molar-refractivity contribution >= 4 is 6.03 Å². The highest BCUT2D eigenvalue weighted by Crippen LogP contribution is 2.39. The first-order chi connectivity index (χ1) is 7.75. The van der Waals surface area contributed by atoms with Crippen LogP contribution in [-0.2, 0) is 6.42 Å². The number of amides is 2. The van der Waals surface area contributed by atoms with Crippen LogP contribution in [0, 0.1) is 0 Å². The summed E-state index contributed by atoms with van der Waals surface area (Å²) >= 11 is 0. The number of hydrogen-bond donors (Lipinski definition) is 1. The topological polar surface area (TPSA) is 46.3 Å². The van der Waals surface area contributed by atoms with Crippen molar-refractivity contribution in [3.63, 3.8) is 0 Å². The van der Waals surface area contributed by atoms with Gasteiger partial charge in [-0.1, -0.05) is 24.3 Å². The Bertz CT molecular complexity index is 430. The van der Waals surface area contributed by atoms with Crippen molar-refractivity contribution in [3.05, 3.63) is 35.4 Å². The van der Waals surface area contributed by atoms with Crippen molar-refractivity contribution < 1.29 is 4.79 Å². The first kappa shape index (κ1) is 9.70. The molecule has 0 aromatic heterocycles. The molecule has 0 spiro atoms. The van der Waals surface area contributed by atoms with Gasteiger partial charge in [-0.05, 0) is 36.3 Å². The van der Waals surface area contributed by atoms with E-state index in [1.54, 1.807) is 0 Å². The van der Waals surface area contributed by atoms with Crippen LogP contribution in [0.2, 0.25) is 0 Å². The van der Waals surface area contributed by atoms with E-state index in [0.717, 1.165) is 25.8 Å². The number of hydrogen-bond acceptors (Lipinski definition) is 1. The second-order valence-electron chi connectivity index (χ2n) is 4.81. The predicted molar refractivity (Wildman–Crippen MR) is 62.2 cm³/mol. The molecule has 16 heavy (non-hydrogen) atoms. The van der Waals surface area contributed by atoms with Crippen molar-refractivity contribution in [3.8, 4) is 0 Å². The number of benzene rings is 1. The van der Waals surface area contributed by atoms with Crippen LogP contribution < -0.4 is 5.73 Å². The Morgan fingerprint density at radius 1 is 1.38 bits per heavy atom. The highest BCUT2D eigenvalue weighted by Gasteiger charge is 2.35. The standard InChI is InChI=1S/C13H16N2O/c14-13(16)15-6-5-10-8-11(15)7-9-3-1-2-4-12(9)10/h1-4,10-11H,5-8H2,(H2,14,16)/t10-,11+/m1/s1. The summed E-state index contributed by atoms with van der Waals surface area (Å²) in [4.78, 5) is 13.2. The van der Waals surface area contributed by atoms with E-state index >= 15 is 0 Å². The lowest BCUT2D eigenvalue weighted by Gasteiger charge is -2.43. The van der Waals surface area contributed by atoms with Gasteiger partial charge in [0.1, 0.15) is 0 Å². The minimum atomic E-state index is -0.261. The fourth-order valence-electron chi connectivity index (χ4n) is 3.19. The largest absolute Gasteiger partial charge is 0.351 e. The molecule has 2 atom stereocenters. The molecule has 1 saturated heterocycles. The van der Waals surface area contributed by atoms with Gasteiger partial charge in [-0.2, -0.15) is 0 Å². The molecule has 0 saturated carbocycles. The van der Waals surface area contributed by atoms with Crippen LogP contribution in [-0.4, -0.2) is 23.5 Å². The molecule has 1 aliphatic carbocycles. The van der Waals surface area contributed by atoms with E-state index in [-0.39, 0.29) is 6.03 Å². The van der Waals surface area contributed by atoms with Gasteiger partial charge in [-0.25, -0.2) is 4.79 Å². The maximum atomic E-state index is 11.3. The van der Waals surface area contributed by atoms with Crippen molar-refractivity contribution in [2.75, 3.05) is 6.54 Å².